The standard InChI is InChI=1S/C13H17BrN2/c1-16-12-3-2-11(14)7-10(12)6-9-4-5-15-8-13(9)16/h2-3,7,9,13,15H,4-6,8H2,1H3. The van der Waals surface area contributed by atoms with E-state index in [2.05, 4.69) is 51.4 Å². The highest BCUT2D eigenvalue weighted by Gasteiger charge is 2.33. The number of hydrogen-bond acceptors (Lipinski definition) is 2. The Bertz CT molecular complexity index is 405. The number of nitrogens with zero attached hydrogens (tertiary/aromatic N) is 1. The van der Waals surface area contributed by atoms with E-state index in [1.165, 1.54) is 35.1 Å². The molecule has 0 spiro atoms. The molecule has 3 rings (SSSR count). The molecule has 1 aromatic carbocycles. The second kappa shape index (κ2) is 4.04. The first-order chi connectivity index (χ1) is 7.75. The van der Waals surface area contributed by atoms with Gasteiger partial charge in [-0.2, -0.15) is 0 Å². The molecule has 1 saturated heterocycles. The van der Waals surface area contributed by atoms with E-state index in [0.29, 0.717) is 6.04 Å². The number of halogens is 1. The van der Waals surface area contributed by atoms with Crippen molar-refractivity contribution in [1.82, 2.24) is 5.32 Å². The number of fused-ring (bicyclic) bond motifs is 2. The van der Waals surface area contributed by atoms with Gasteiger partial charge in [-0.25, -0.2) is 0 Å². The van der Waals surface area contributed by atoms with Crippen LogP contribution in [0.4, 0.5) is 5.69 Å². The quantitative estimate of drug-likeness (QED) is 0.785. The summed E-state index contributed by atoms with van der Waals surface area (Å²) in [6.07, 6.45) is 2.55. The molecule has 0 saturated carbocycles. The molecule has 2 heterocycles. The Hall–Kier alpha value is -0.540. The second-order valence-corrected chi connectivity index (χ2v) is 5.82. The lowest BCUT2D eigenvalue weighted by molar-refractivity contribution is 0.303. The van der Waals surface area contributed by atoms with Gasteiger partial charge < -0.3 is 10.2 Å². The van der Waals surface area contributed by atoms with Crippen molar-refractivity contribution >= 4 is 21.6 Å². The molecule has 0 bridgehead atoms. The lowest BCUT2D eigenvalue weighted by Gasteiger charge is -2.44. The molecule has 2 atom stereocenters. The lowest BCUT2D eigenvalue weighted by Crippen LogP contribution is -2.53. The Kier molecular flexibility index (Phi) is 2.68. The molecular weight excluding hydrogens is 264 g/mol. The summed E-state index contributed by atoms with van der Waals surface area (Å²) in [6, 6.07) is 7.35. The summed E-state index contributed by atoms with van der Waals surface area (Å²) in [5, 5.41) is 3.51. The molecule has 0 amide bonds. The molecule has 1 N–H and O–H groups in total. The van der Waals surface area contributed by atoms with E-state index in [-0.39, 0.29) is 0 Å². The highest BCUT2D eigenvalue weighted by atomic mass is 79.9. The van der Waals surface area contributed by atoms with E-state index in [1.807, 2.05) is 0 Å². The number of hydrogen-bond donors (Lipinski definition) is 1. The minimum atomic E-state index is 0.683. The molecule has 2 nitrogen and oxygen atoms in total. The second-order valence-electron chi connectivity index (χ2n) is 4.91. The van der Waals surface area contributed by atoms with Gasteiger partial charge in [0.05, 0.1) is 0 Å². The molecule has 0 aromatic heterocycles. The van der Waals surface area contributed by atoms with Crippen LogP contribution in [0.25, 0.3) is 0 Å². The first-order valence-electron chi connectivity index (χ1n) is 5.97. The van der Waals surface area contributed by atoms with Gasteiger partial charge in [0.25, 0.3) is 0 Å². The maximum atomic E-state index is 3.57. The number of anilines is 1. The minimum Gasteiger partial charge on any atom is -0.370 e. The Morgan fingerprint density at radius 1 is 1.44 bits per heavy atom. The van der Waals surface area contributed by atoms with Crippen LogP contribution in [-0.4, -0.2) is 26.2 Å². The molecule has 0 radical (unpaired) electrons. The van der Waals surface area contributed by atoms with Crippen LogP contribution in [0.3, 0.4) is 0 Å². The van der Waals surface area contributed by atoms with E-state index in [4.69, 9.17) is 0 Å². The van der Waals surface area contributed by atoms with Crippen molar-refractivity contribution in [2.75, 3.05) is 25.0 Å². The highest BCUT2D eigenvalue weighted by Crippen LogP contribution is 2.36. The highest BCUT2D eigenvalue weighted by molar-refractivity contribution is 9.10. The van der Waals surface area contributed by atoms with Crippen molar-refractivity contribution in [3.8, 4) is 0 Å². The van der Waals surface area contributed by atoms with Crippen LogP contribution in [0.5, 0.6) is 0 Å². The van der Waals surface area contributed by atoms with Gasteiger partial charge in [-0.3, -0.25) is 0 Å². The summed E-state index contributed by atoms with van der Waals surface area (Å²) in [7, 11) is 2.23. The predicted octanol–water partition coefficient (Wildman–Crippen LogP) is 2.42. The van der Waals surface area contributed by atoms with Crippen LogP contribution < -0.4 is 10.2 Å². The van der Waals surface area contributed by atoms with Gasteiger partial charge in [0.15, 0.2) is 0 Å². The fraction of sp³-hybridized carbons (Fsp3) is 0.538. The summed E-state index contributed by atoms with van der Waals surface area (Å²) in [5.41, 5.74) is 2.91. The summed E-state index contributed by atoms with van der Waals surface area (Å²) < 4.78 is 1.20. The van der Waals surface area contributed by atoms with Crippen LogP contribution in [0, 0.1) is 5.92 Å². The van der Waals surface area contributed by atoms with Gasteiger partial charge in [-0.1, -0.05) is 15.9 Å². The van der Waals surface area contributed by atoms with Crippen molar-refractivity contribution in [3.05, 3.63) is 28.2 Å². The summed E-state index contributed by atoms with van der Waals surface area (Å²) in [6.45, 7) is 2.31. The maximum Gasteiger partial charge on any atom is 0.0443 e. The number of benzene rings is 1. The van der Waals surface area contributed by atoms with Crippen molar-refractivity contribution in [3.63, 3.8) is 0 Å². The van der Waals surface area contributed by atoms with Crippen LogP contribution in [0.15, 0.2) is 22.7 Å². The fourth-order valence-electron chi connectivity index (χ4n) is 3.11. The van der Waals surface area contributed by atoms with Crippen LogP contribution in [-0.2, 0) is 6.42 Å². The molecule has 2 unspecified atom stereocenters. The van der Waals surface area contributed by atoms with Crippen molar-refractivity contribution in [1.29, 1.82) is 0 Å². The first kappa shape index (κ1) is 10.6. The first-order valence-corrected chi connectivity index (χ1v) is 6.77. The summed E-state index contributed by atoms with van der Waals surface area (Å²) in [5.74, 6) is 0.827. The molecule has 16 heavy (non-hydrogen) atoms. The zero-order valence-corrected chi connectivity index (χ0v) is 11.1. The number of nitrogens with one attached hydrogen (secondary N) is 1. The van der Waals surface area contributed by atoms with Gasteiger partial charge in [0.2, 0.25) is 0 Å². The molecule has 2 aliphatic heterocycles. The van der Waals surface area contributed by atoms with Gasteiger partial charge in [-0.15, -0.1) is 0 Å². The van der Waals surface area contributed by atoms with Crippen molar-refractivity contribution in [2.45, 2.75) is 18.9 Å². The van der Waals surface area contributed by atoms with Gasteiger partial charge in [0.1, 0.15) is 0 Å². The fourth-order valence-corrected chi connectivity index (χ4v) is 3.52. The predicted molar refractivity (Wildman–Crippen MR) is 71.0 cm³/mol. The third kappa shape index (κ3) is 1.66. The van der Waals surface area contributed by atoms with E-state index in [0.717, 1.165) is 12.5 Å². The minimum absolute atomic E-state index is 0.683. The Morgan fingerprint density at radius 2 is 2.31 bits per heavy atom. The summed E-state index contributed by atoms with van der Waals surface area (Å²) in [4.78, 5) is 2.46. The molecule has 86 valence electrons. The molecule has 1 aromatic rings. The number of piperidine rings is 1. The monoisotopic (exact) mass is 280 g/mol. The zero-order valence-electron chi connectivity index (χ0n) is 9.54. The molecule has 3 heteroatoms. The average Bonchev–Trinajstić information content (AvgIpc) is 2.29. The Morgan fingerprint density at radius 3 is 3.19 bits per heavy atom. The van der Waals surface area contributed by atoms with E-state index < -0.39 is 0 Å². The van der Waals surface area contributed by atoms with E-state index in [9.17, 15) is 0 Å². The largest absolute Gasteiger partial charge is 0.370 e. The van der Waals surface area contributed by atoms with Crippen molar-refractivity contribution in [2.24, 2.45) is 5.92 Å². The summed E-state index contributed by atoms with van der Waals surface area (Å²) >= 11 is 3.57. The molecular formula is C13H17BrN2. The lowest BCUT2D eigenvalue weighted by atomic mass is 9.82. The van der Waals surface area contributed by atoms with Gasteiger partial charge in [0, 0.05) is 29.8 Å². The Balaban J connectivity index is 1.99. The molecule has 2 aliphatic rings. The molecule has 1 fully saturated rings. The van der Waals surface area contributed by atoms with Gasteiger partial charge >= 0.3 is 0 Å². The maximum absolute atomic E-state index is 3.57. The van der Waals surface area contributed by atoms with E-state index in [1.54, 1.807) is 0 Å². The zero-order chi connectivity index (χ0) is 11.1. The normalized spacial score (nSPS) is 28.5. The third-order valence-electron chi connectivity index (χ3n) is 3.99. The molecule has 0 aliphatic carbocycles. The number of likely N-dealkylation sites (N-methyl/N-ethyl adjacent to an activating group) is 1. The average molecular weight is 281 g/mol. The topological polar surface area (TPSA) is 15.3 Å². The third-order valence-corrected chi connectivity index (χ3v) is 4.48. The van der Waals surface area contributed by atoms with Crippen LogP contribution in [0.2, 0.25) is 0 Å². The Labute approximate surface area is 105 Å². The number of rotatable bonds is 0. The van der Waals surface area contributed by atoms with Crippen molar-refractivity contribution < 1.29 is 0 Å². The van der Waals surface area contributed by atoms with Gasteiger partial charge in [-0.05, 0) is 49.1 Å². The smallest absolute Gasteiger partial charge is 0.0443 e. The van der Waals surface area contributed by atoms with E-state index >= 15 is 0 Å². The van der Waals surface area contributed by atoms with Crippen LogP contribution in [0.1, 0.15) is 12.0 Å². The SMILES string of the molecule is CN1c2ccc(Br)cc2CC2CCNCC21. The van der Waals surface area contributed by atoms with Crippen LogP contribution >= 0.6 is 15.9 Å².